The van der Waals surface area contributed by atoms with Gasteiger partial charge in [0.05, 0.1) is 6.57 Å². The van der Waals surface area contributed by atoms with E-state index >= 15 is 0 Å². The van der Waals surface area contributed by atoms with Gasteiger partial charge in [0.1, 0.15) is 0 Å². The van der Waals surface area contributed by atoms with Crippen molar-refractivity contribution in [3.05, 3.63) is 59.1 Å². The minimum Gasteiger partial charge on any atom is -0.243 e. The zero-order valence-corrected chi connectivity index (χ0v) is 8.11. The molecule has 0 spiro atoms. The first kappa shape index (κ1) is 9.02. The quantitative estimate of drug-likeness (QED) is 0.584. The summed E-state index contributed by atoms with van der Waals surface area (Å²) in [5.41, 5.74) is 2.35. The van der Waals surface area contributed by atoms with E-state index in [2.05, 4.69) is 35.2 Å². The van der Waals surface area contributed by atoms with Crippen LogP contribution >= 0.6 is 0 Å². The molecule has 0 radical (unpaired) electrons. The Labute approximate surface area is 84.9 Å². The maximum Gasteiger partial charge on any atom is 0.161 e. The van der Waals surface area contributed by atoms with E-state index in [1.54, 1.807) is 0 Å². The summed E-state index contributed by atoms with van der Waals surface area (Å²) >= 11 is 0. The fourth-order valence-electron chi connectivity index (χ4n) is 1.95. The Hall–Kier alpha value is -1.55. The van der Waals surface area contributed by atoms with Gasteiger partial charge in [-0.3, -0.25) is 0 Å². The average molecular weight is 183 g/mol. The van der Waals surface area contributed by atoms with Crippen molar-refractivity contribution in [1.82, 2.24) is 0 Å². The fraction of sp³-hybridized carbons (Fsp3) is 0.308. The topological polar surface area (TPSA) is 4.36 Å². The first-order chi connectivity index (χ1) is 6.90. The third kappa shape index (κ3) is 1.85. The van der Waals surface area contributed by atoms with Crippen molar-refractivity contribution in [3.63, 3.8) is 0 Å². The molecule has 2 rings (SSSR count). The first-order valence-corrected chi connectivity index (χ1v) is 5.01. The molecule has 0 aliphatic heterocycles. The lowest BCUT2D eigenvalue weighted by Crippen LogP contribution is -2.02. The Kier molecular flexibility index (Phi) is 2.65. The van der Waals surface area contributed by atoms with Crippen molar-refractivity contribution in [2.45, 2.75) is 25.2 Å². The molecule has 0 saturated carbocycles. The van der Waals surface area contributed by atoms with Crippen LogP contribution in [0.4, 0.5) is 0 Å². The molecule has 0 heterocycles. The Morgan fingerprint density at radius 3 is 2.57 bits per heavy atom. The number of nitrogens with zero attached hydrogens (tertiary/aromatic N) is 1. The maximum absolute atomic E-state index is 6.92. The van der Waals surface area contributed by atoms with Gasteiger partial charge >= 0.3 is 0 Å². The van der Waals surface area contributed by atoms with Crippen LogP contribution in [0.2, 0.25) is 0 Å². The number of hydrogen-bond donors (Lipinski definition) is 0. The highest BCUT2D eigenvalue weighted by molar-refractivity contribution is 5.24. The van der Waals surface area contributed by atoms with E-state index in [1.165, 1.54) is 5.56 Å². The molecule has 0 aromatic heterocycles. The lowest BCUT2D eigenvalue weighted by molar-refractivity contribution is 0.605. The van der Waals surface area contributed by atoms with Crippen LogP contribution in [0.1, 0.15) is 30.7 Å². The zero-order chi connectivity index (χ0) is 9.80. The minimum absolute atomic E-state index is 0.627. The molecule has 1 aromatic rings. The largest absolute Gasteiger partial charge is 0.243 e. The number of hydrogen-bond acceptors (Lipinski definition) is 0. The molecule has 1 nitrogen and oxygen atoms in total. The molecule has 1 atom stereocenters. The van der Waals surface area contributed by atoms with Crippen LogP contribution in [-0.4, -0.2) is 0 Å². The summed E-state index contributed by atoms with van der Waals surface area (Å²) in [4.78, 5) is 3.49. The molecular weight excluding hydrogens is 170 g/mol. The highest BCUT2D eigenvalue weighted by Crippen LogP contribution is 2.32. The summed E-state index contributed by atoms with van der Waals surface area (Å²) in [6.45, 7) is 6.92. The van der Waals surface area contributed by atoms with Crippen molar-refractivity contribution in [2.75, 3.05) is 0 Å². The Morgan fingerprint density at radius 1 is 1.21 bits per heavy atom. The highest BCUT2D eigenvalue weighted by Gasteiger charge is 2.15. The first-order valence-electron chi connectivity index (χ1n) is 5.01. The van der Waals surface area contributed by atoms with Crippen molar-refractivity contribution in [1.29, 1.82) is 0 Å². The van der Waals surface area contributed by atoms with Gasteiger partial charge in [0.15, 0.2) is 5.70 Å². The van der Waals surface area contributed by atoms with Crippen LogP contribution in [0, 0.1) is 6.57 Å². The Balaban J connectivity index is 2.11. The summed E-state index contributed by atoms with van der Waals surface area (Å²) in [6, 6.07) is 10.6. The molecule has 1 aliphatic rings. The minimum atomic E-state index is 0.627. The van der Waals surface area contributed by atoms with Crippen molar-refractivity contribution in [2.24, 2.45) is 0 Å². The third-order valence-corrected chi connectivity index (χ3v) is 2.80. The molecule has 1 aromatic carbocycles. The predicted molar refractivity (Wildman–Crippen MR) is 57.7 cm³/mol. The molecular formula is C13H13N. The zero-order valence-electron chi connectivity index (χ0n) is 8.11. The summed E-state index contributed by atoms with van der Waals surface area (Å²) in [7, 11) is 0. The van der Waals surface area contributed by atoms with E-state index in [0.29, 0.717) is 5.92 Å². The van der Waals surface area contributed by atoms with Gasteiger partial charge in [-0.2, -0.15) is 0 Å². The monoisotopic (exact) mass is 183 g/mol. The van der Waals surface area contributed by atoms with Gasteiger partial charge in [0.25, 0.3) is 0 Å². The van der Waals surface area contributed by atoms with Crippen LogP contribution in [0.5, 0.6) is 0 Å². The molecule has 0 saturated heterocycles. The standard InChI is InChI=1S/C13H13N/c1-14-13-9-7-12(8-10-13)11-5-3-2-4-6-11/h2-6,9,12H,7-8,10H2/t12-/m0/s1. The second kappa shape index (κ2) is 4.11. The van der Waals surface area contributed by atoms with Crippen molar-refractivity contribution in [3.8, 4) is 0 Å². The number of allylic oxidation sites excluding steroid dienone is 2. The molecule has 0 unspecified atom stereocenters. The average Bonchev–Trinajstić information content (AvgIpc) is 2.30. The van der Waals surface area contributed by atoms with E-state index < -0.39 is 0 Å². The molecule has 1 heteroatoms. The normalized spacial score (nSPS) is 21.1. The summed E-state index contributed by atoms with van der Waals surface area (Å²) in [5, 5.41) is 0. The van der Waals surface area contributed by atoms with Crippen LogP contribution in [0.15, 0.2) is 42.1 Å². The van der Waals surface area contributed by atoms with Crippen LogP contribution < -0.4 is 0 Å². The van der Waals surface area contributed by atoms with E-state index in [0.717, 1.165) is 25.0 Å². The summed E-state index contributed by atoms with van der Waals surface area (Å²) < 4.78 is 0. The van der Waals surface area contributed by atoms with Gasteiger partial charge in [0.2, 0.25) is 0 Å². The molecule has 1 aliphatic carbocycles. The lowest BCUT2D eigenvalue weighted by atomic mass is 9.87. The Bertz CT molecular complexity index is 370. The molecule has 14 heavy (non-hydrogen) atoms. The smallest absolute Gasteiger partial charge is 0.161 e. The Morgan fingerprint density at radius 2 is 2.00 bits per heavy atom. The van der Waals surface area contributed by atoms with Gasteiger partial charge in [-0.05, 0) is 24.3 Å². The molecule has 70 valence electrons. The fourth-order valence-corrected chi connectivity index (χ4v) is 1.95. The van der Waals surface area contributed by atoms with Crippen LogP contribution in [0.3, 0.4) is 0 Å². The van der Waals surface area contributed by atoms with E-state index in [9.17, 15) is 0 Å². The molecule has 0 fully saturated rings. The SMILES string of the molecule is [C-]#[N+]C1=CC[C@H](c2ccccc2)CC1. The molecule has 0 amide bonds. The summed E-state index contributed by atoms with van der Waals surface area (Å²) in [5.74, 6) is 0.627. The van der Waals surface area contributed by atoms with E-state index in [4.69, 9.17) is 6.57 Å². The van der Waals surface area contributed by atoms with Gasteiger partial charge in [-0.25, -0.2) is 4.85 Å². The van der Waals surface area contributed by atoms with Crippen LogP contribution in [-0.2, 0) is 0 Å². The second-order valence-corrected chi connectivity index (χ2v) is 3.69. The van der Waals surface area contributed by atoms with Crippen molar-refractivity contribution < 1.29 is 0 Å². The maximum atomic E-state index is 6.92. The van der Waals surface area contributed by atoms with Crippen LogP contribution in [0.25, 0.3) is 4.85 Å². The van der Waals surface area contributed by atoms with Gasteiger partial charge < -0.3 is 0 Å². The number of rotatable bonds is 1. The third-order valence-electron chi connectivity index (χ3n) is 2.80. The molecule has 0 bridgehead atoms. The highest BCUT2D eigenvalue weighted by atomic mass is 14.7. The second-order valence-electron chi connectivity index (χ2n) is 3.69. The van der Waals surface area contributed by atoms with Gasteiger partial charge in [-0.15, -0.1) is 0 Å². The van der Waals surface area contributed by atoms with E-state index in [-0.39, 0.29) is 0 Å². The summed E-state index contributed by atoms with van der Waals surface area (Å²) in [6.07, 6.45) is 5.19. The lowest BCUT2D eigenvalue weighted by Gasteiger charge is -2.19. The van der Waals surface area contributed by atoms with Crippen molar-refractivity contribution >= 4 is 0 Å². The number of benzene rings is 1. The van der Waals surface area contributed by atoms with Gasteiger partial charge in [0, 0.05) is 0 Å². The van der Waals surface area contributed by atoms with E-state index in [1.807, 2.05) is 6.07 Å². The molecule has 0 N–H and O–H groups in total. The predicted octanol–water partition coefficient (Wildman–Crippen LogP) is 3.76. The van der Waals surface area contributed by atoms with Gasteiger partial charge in [-0.1, -0.05) is 42.8 Å².